The van der Waals surface area contributed by atoms with Crippen molar-refractivity contribution in [1.29, 1.82) is 5.41 Å². The van der Waals surface area contributed by atoms with Crippen LogP contribution in [0.1, 0.15) is 16.7 Å². The molecule has 1 aliphatic rings. The van der Waals surface area contributed by atoms with Gasteiger partial charge >= 0.3 is 0 Å². The van der Waals surface area contributed by atoms with Crippen LogP contribution in [0.3, 0.4) is 0 Å². The standard InChI is InChI=1S/C22H19FN6O/c23-15-7-14-5-6-29(19(14)17(30)10-15)21(25)18-20(24)26-11-27-22(18)28-16-8-12-3-1-2-4-13(12)9-16/h1-7,10-11,16,25,30H,8-9H2,(H3,24,26,27,28). The fourth-order valence-electron chi connectivity index (χ4n) is 4.13. The molecule has 5 N–H and O–H groups in total. The summed E-state index contributed by atoms with van der Waals surface area (Å²) in [5, 5.41) is 22.9. The highest BCUT2D eigenvalue weighted by Gasteiger charge is 2.25. The lowest BCUT2D eigenvalue weighted by molar-refractivity contribution is 0.474. The second-order valence-electron chi connectivity index (χ2n) is 7.40. The topological polar surface area (TPSA) is 113 Å². The highest BCUT2D eigenvalue weighted by atomic mass is 19.1. The zero-order valence-electron chi connectivity index (χ0n) is 15.9. The van der Waals surface area contributed by atoms with Crippen molar-refractivity contribution in [2.45, 2.75) is 18.9 Å². The molecule has 0 saturated carbocycles. The summed E-state index contributed by atoms with van der Waals surface area (Å²) in [6, 6.07) is 12.4. The summed E-state index contributed by atoms with van der Waals surface area (Å²) in [5.41, 5.74) is 9.35. The van der Waals surface area contributed by atoms with E-state index in [-0.39, 0.29) is 23.4 Å². The molecular weight excluding hydrogens is 383 g/mol. The van der Waals surface area contributed by atoms with E-state index in [4.69, 9.17) is 11.1 Å². The highest BCUT2D eigenvalue weighted by molar-refractivity contribution is 6.10. The van der Waals surface area contributed by atoms with Gasteiger partial charge in [0.05, 0.1) is 5.52 Å². The Hall–Kier alpha value is -3.94. The first-order valence-corrected chi connectivity index (χ1v) is 9.54. The van der Waals surface area contributed by atoms with Crippen LogP contribution >= 0.6 is 0 Å². The number of fused-ring (bicyclic) bond motifs is 2. The number of phenols is 1. The Labute approximate surface area is 171 Å². The summed E-state index contributed by atoms with van der Waals surface area (Å²) in [6.45, 7) is 0. The number of hydrogen-bond donors (Lipinski definition) is 4. The average molecular weight is 402 g/mol. The van der Waals surface area contributed by atoms with Gasteiger partial charge in [-0.15, -0.1) is 0 Å². The molecule has 0 unspecified atom stereocenters. The third-order valence-corrected chi connectivity index (χ3v) is 5.47. The van der Waals surface area contributed by atoms with E-state index in [0.717, 1.165) is 18.9 Å². The van der Waals surface area contributed by atoms with Gasteiger partial charge in [-0.05, 0) is 36.1 Å². The third-order valence-electron chi connectivity index (χ3n) is 5.47. The maximum absolute atomic E-state index is 13.6. The molecule has 0 bridgehead atoms. The molecule has 0 radical (unpaired) electrons. The van der Waals surface area contributed by atoms with Gasteiger partial charge < -0.3 is 16.2 Å². The van der Waals surface area contributed by atoms with Gasteiger partial charge in [0.1, 0.15) is 40.9 Å². The van der Waals surface area contributed by atoms with Crippen molar-refractivity contribution in [3.63, 3.8) is 0 Å². The Morgan fingerprint density at radius 2 is 1.90 bits per heavy atom. The molecule has 2 aromatic heterocycles. The molecule has 150 valence electrons. The number of nitrogens with zero attached hydrogens (tertiary/aromatic N) is 3. The predicted molar refractivity (Wildman–Crippen MR) is 113 cm³/mol. The monoisotopic (exact) mass is 402 g/mol. The number of phenolic OH excluding ortho intramolecular Hbond substituents is 1. The first-order chi connectivity index (χ1) is 14.5. The van der Waals surface area contributed by atoms with Crippen molar-refractivity contribution >= 4 is 28.4 Å². The van der Waals surface area contributed by atoms with Crippen molar-refractivity contribution < 1.29 is 9.50 Å². The lowest BCUT2D eigenvalue weighted by atomic mass is 10.1. The van der Waals surface area contributed by atoms with Gasteiger partial charge in [0.25, 0.3) is 0 Å². The van der Waals surface area contributed by atoms with Gasteiger partial charge in [-0.3, -0.25) is 9.98 Å². The van der Waals surface area contributed by atoms with Gasteiger partial charge in [-0.25, -0.2) is 14.4 Å². The number of benzene rings is 2. The highest BCUT2D eigenvalue weighted by Crippen LogP contribution is 2.30. The fourth-order valence-corrected chi connectivity index (χ4v) is 4.13. The van der Waals surface area contributed by atoms with Crippen LogP contribution in [0.25, 0.3) is 10.9 Å². The number of anilines is 2. The van der Waals surface area contributed by atoms with Gasteiger partial charge in [-0.1, -0.05) is 24.3 Å². The van der Waals surface area contributed by atoms with E-state index in [2.05, 4.69) is 27.4 Å². The first-order valence-electron chi connectivity index (χ1n) is 9.54. The molecule has 2 heterocycles. The van der Waals surface area contributed by atoms with Crippen molar-refractivity contribution in [1.82, 2.24) is 14.5 Å². The Morgan fingerprint density at radius 3 is 2.63 bits per heavy atom. The number of nitrogens with one attached hydrogen (secondary N) is 2. The number of halogens is 1. The molecule has 7 nitrogen and oxygen atoms in total. The number of aromatic hydroxyl groups is 1. The third kappa shape index (κ3) is 2.93. The van der Waals surface area contributed by atoms with E-state index in [1.165, 1.54) is 28.1 Å². The van der Waals surface area contributed by atoms with Crippen LogP contribution in [0, 0.1) is 11.2 Å². The van der Waals surface area contributed by atoms with E-state index >= 15 is 0 Å². The summed E-state index contributed by atoms with van der Waals surface area (Å²) in [5.74, 6) is -0.209. The summed E-state index contributed by atoms with van der Waals surface area (Å²) in [4.78, 5) is 8.39. The van der Waals surface area contributed by atoms with Crippen molar-refractivity contribution in [3.05, 3.63) is 77.5 Å². The molecule has 0 fully saturated rings. The largest absolute Gasteiger partial charge is 0.506 e. The maximum atomic E-state index is 13.6. The van der Waals surface area contributed by atoms with Crippen LogP contribution < -0.4 is 11.1 Å². The lowest BCUT2D eigenvalue weighted by Crippen LogP contribution is -2.24. The molecule has 8 heteroatoms. The average Bonchev–Trinajstić information content (AvgIpc) is 3.31. The Morgan fingerprint density at radius 1 is 1.17 bits per heavy atom. The van der Waals surface area contributed by atoms with Gasteiger partial charge in [-0.2, -0.15) is 0 Å². The fraction of sp³-hybridized carbons (Fsp3) is 0.136. The molecule has 0 aliphatic heterocycles. The van der Waals surface area contributed by atoms with E-state index in [9.17, 15) is 9.50 Å². The second kappa shape index (κ2) is 6.84. The predicted octanol–water partition coefficient (Wildman–Crippen LogP) is 3.31. The Kier molecular flexibility index (Phi) is 4.13. The molecule has 0 amide bonds. The summed E-state index contributed by atoms with van der Waals surface area (Å²) >= 11 is 0. The minimum atomic E-state index is -0.546. The normalized spacial score (nSPS) is 13.5. The van der Waals surface area contributed by atoms with Crippen LogP contribution in [0.15, 0.2) is 55.0 Å². The smallest absolute Gasteiger partial charge is 0.144 e. The molecule has 0 spiro atoms. The van der Waals surface area contributed by atoms with Crippen molar-refractivity contribution in [2.24, 2.45) is 0 Å². The van der Waals surface area contributed by atoms with E-state index < -0.39 is 5.82 Å². The van der Waals surface area contributed by atoms with Gasteiger partial charge in [0, 0.05) is 23.7 Å². The number of hydrogen-bond acceptors (Lipinski definition) is 6. The zero-order valence-corrected chi connectivity index (χ0v) is 15.9. The first kappa shape index (κ1) is 18.1. The van der Waals surface area contributed by atoms with Crippen LogP contribution in [0.5, 0.6) is 5.75 Å². The summed E-state index contributed by atoms with van der Waals surface area (Å²) in [7, 11) is 0. The second-order valence-corrected chi connectivity index (χ2v) is 7.40. The van der Waals surface area contributed by atoms with Crippen molar-refractivity contribution in [3.8, 4) is 5.75 Å². The Bertz CT molecular complexity index is 1270. The van der Waals surface area contributed by atoms with Crippen LogP contribution in [-0.4, -0.2) is 31.5 Å². The molecule has 30 heavy (non-hydrogen) atoms. The van der Waals surface area contributed by atoms with E-state index in [0.29, 0.717) is 22.3 Å². The minimum absolute atomic E-state index is 0.0111. The SMILES string of the molecule is N=C(c1c(N)ncnc1NC1Cc2ccccc2C1)n1ccc2cc(F)cc(O)c21. The number of rotatable bonds is 3. The van der Waals surface area contributed by atoms with Gasteiger partial charge in [0.2, 0.25) is 0 Å². The van der Waals surface area contributed by atoms with Crippen molar-refractivity contribution in [2.75, 3.05) is 11.1 Å². The van der Waals surface area contributed by atoms with E-state index in [1.807, 2.05) is 12.1 Å². The van der Waals surface area contributed by atoms with Crippen LogP contribution in [0.4, 0.5) is 16.0 Å². The quantitative estimate of drug-likeness (QED) is 0.310. The van der Waals surface area contributed by atoms with Crippen LogP contribution in [0.2, 0.25) is 0 Å². The lowest BCUT2D eigenvalue weighted by Gasteiger charge is -2.18. The van der Waals surface area contributed by atoms with E-state index in [1.54, 1.807) is 12.3 Å². The molecule has 5 rings (SSSR count). The van der Waals surface area contributed by atoms with Crippen LogP contribution in [-0.2, 0) is 12.8 Å². The minimum Gasteiger partial charge on any atom is -0.506 e. The number of nitrogen functional groups attached to an aromatic ring is 1. The number of nitrogens with two attached hydrogens (primary N) is 1. The summed E-state index contributed by atoms with van der Waals surface area (Å²) in [6.07, 6.45) is 4.64. The molecule has 0 atom stereocenters. The molecule has 4 aromatic rings. The molecule has 1 aliphatic carbocycles. The molecular formula is C22H19FN6O. The maximum Gasteiger partial charge on any atom is 0.144 e. The number of aromatic nitrogens is 3. The summed E-state index contributed by atoms with van der Waals surface area (Å²) < 4.78 is 15.1. The van der Waals surface area contributed by atoms with Gasteiger partial charge in [0.15, 0.2) is 0 Å². The zero-order chi connectivity index (χ0) is 20.8. The molecule has 2 aromatic carbocycles. The molecule has 0 saturated heterocycles. The Balaban J connectivity index is 1.52.